The molecule has 0 saturated carbocycles. The molecule has 3 rings (SSSR count). The van der Waals surface area contributed by atoms with Gasteiger partial charge in [0.25, 0.3) is 0 Å². The van der Waals surface area contributed by atoms with Crippen LogP contribution in [0.15, 0.2) is 48.8 Å². The van der Waals surface area contributed by atoms with Gasteiger partial charge in [0.05, 0.1) is 23.6 Å². The van der Waals surface area contributed by atoms with E-state index in [0.29, 0.717) is 0 Å². The van der Waals surface area contributed by atoms with Gasteiger partial charge < -0.3 is 9.80 Å². The lowest BCUT2D eigenvalue weighted by Crippen LogP contribution is -2.29. The third kappa shape index (κ3) is 4.51. The van der Waals surface area contributed by atoms with Gasteiger partial charge in [0, 0.05) is 25.4 Å². The van der Waals surface area contributed by atoms with Crippen LogP contribution in [0.4, 0.5) is 0 Å². The predicted octanol–water partition coefficient (Wildman–Crippen LogP) is 2.92. The zero-order valence-corrected chi connectivity index (χ0v) is 14.8. The van der Waals surface area contributed by atoms with E-state index in [1.807, 2.05) is 55.4 Å². The number of hydrogen-bond donors (Lipinski definition) is 0. The van der Waals surface area contributed by atoms with Crippen molar-refractivity contribution in [3.8, 4) is 0 Å². The highest BCUT2D eigenvalue weighted by Crippen LogP contribution is 2.30. The Balaban J connectivity index is 1.74. The van der Waals surface area contributed by atoms with Crippen LogP contribution < -0.4 is 0 Å². The van der Waals surface area contributed by atoms with Crippen molar-refractivity contribution in [1.29, 1.82) is 0 Å². The van der Waals surface area contributed by atoms with Crippen LogP contribution in [-0.4, -0.2) is 46.3 Å². The van der Waals surface area contributed by atoms with Gasteiger partial charge >= 0.3 is 0 Å². The number of carbonyl (C=O) groups is 1. The Bertz CT molecular complexity index is 742. The third-order valence-corrected chi connectivity index (χ3v) is 4.28. The maximum absolute atomic E-state index is 12.6. The van der Waals surface area contributed by atoms with Crippen LogP contribution >= 0.6 is 0 Å². The molecule has 1 atom stereocenters. The van der Waals surface area contributed by atoms with Crippen molar-refractivity contribution >= 4 is 12.0 Å². The third-order valence-electron chi connectivity index (χ3n) is 4.28. The van der Waals surface area contributed by atoms with Crippen molar-refractivity contribution in [2.24, 2.45) is 0 Å². The standard InChI is InChI=1S/C20H24N4O/c1-23(2)15-17-13-21-14-18(22-17)19-9-6-12-24(19)20(25)11-10-16-7-4-3-5-8-16/h3-5,7-8,10-11,13-14,19H,6,9,12,15H2,1-2H3/b11-10+. The first-order valence-electron chi connectivity index (χ1n) is 8.63. The molecule has 1 saturated heterocycles. The van der Waals surface area contributed by atoms with Gasteiger partial charge in [-0.05, 0) is 38.6 Å². The number of nitrogens with zero attached hydrogens (tertiary/aromatic N) is 4. The molecule has 1 amide bonds. The highest BCUT2D eigenvalue weighted by molar-refractivity contribution is 5.92. The van der Waals surface area contributed by atoms with Gasteiger partial charge in [-0.3, -0.25) is 14.8 Å². The molecular weight excluding hydrogens is 312 g/mol. The van der Waals surface area contributed by atoms with Gasteiger partial charge in [-0.2, -0.15) is 0 Å². The Labute approximate surface area is 149 Å². The summed E-state index contributed by atoms with van der Waals surface area (Å²) in [5.41, 5.74) is 2.85. The lowest BCUT2D eigenvalue weighted by Gasteiger charge is -2.23. The van der Waals surface area contributed by atoms with E-state index in [0.717, 1.165) is 42.9 Å². The van der Waals surface area contributed by atoms with E-state index >= 15 is 0 Å². The molecule has 1 unspecified atom stereocenters. The number of carbonyl (C=O) groups excluding carboxylic acids is 1. The first kappa shape index (κ1) is 17.3. The zero-order chi connectivity index (χ0) is 17.6. The van der Waals surface area contributed by atoms with Crippen molar-refractivity contribution in [2.75, 3.05) is 20.6 Å². The number of aromatic nitrogens is 2. The van der Waals surface area contributed by atoms with E-state index in [1.165, 1.54) is 0 Å². The quantitative estimate of drug-likeness (QED) is 0.788. The van der Waals surface area contributed by atoms with Crippen molar-refractivity contribution in [3.05, 3.63) is 65.8 Å². The number of benzene rings is 1. The Morgan fingerprint density at radius 3 is 2.84 bits per heavy atom. The van der Waals surface area contributed by atoms with Crippen LogP contribution in [0.3, 0.4) is 0 Å². The van der Waals surface area contributed by atoms with Crippen LogP contribution in [0.1, 0.15) is 35.8 Å². The Morgan fingerprint density at radius 1 is 1.28 bits per heavy atom. The Morgan fingerprint density at radius 2 is 2.08 bits per heavy atom. The smallest absolute Gasteiger partial charge is 0.247 e. The summed E-state index contributed by atoms with van der Waals surface area (Å²) in [5.74, 6) is 0.0335. The first-order valence-corrected chi connectivity index (χ1v) is 8.63. The fourth-order valence-electron chi connectivity index (χ4n) is 3.15. The van der Waals surface area contributed by atoms with E-state index in [9.17, 15) is 4.79 Å². The van der Waals surface area contributed by atoms with Crippen LogP contribution in [-0.2, 0) is 11.3 Å². The topological polar surface area (TPSA) is 49.3 Å². The molecule has 2 heterocycles. The van der Waals surface area contributed by atoms with E-state index in [4.69, 9.17) is 4.98 Å². The fraction of sp³-hybridized carbons (Fsp3) is 0.350. The molecule has 2 aromatic rings. The maximum atomic E-state index is 12.6. The van der Waals surface area contributed by atoms with Crippen LogP contribution in [0, 0.1) is 0 Å². The zero-order valence-electron chi connectivity index (χ0n) is 14.8. The molecule has 0 aliphatic carbocycles. The second-order valence-corrected chi connectivity index (χ2v) is 6.61. The molecule has 25 heavy (non-hydrogen) atoms. The van der Waals surface area contributed by atoms with Crippen LogP contribution in [0.25, 0.3) is 6.08 Å². The molecule has 0 spiro atoms. The molecule has 1 fully saturated rings. The average Bonchev–Trinajstić information content (AvgIpc) is 3.10. The maximum Gasteiger partial charge on any atom is 0.247 e. The van der Waals surface area contributed by atoms with E-state index < -0.39 is 0 Å². The summed E-state index contributed by atoms with van der Waals surface area (Å²) in [6.45, 7) is 1.51. The largest absolute Gasteiger partial charge is 0.330 e. The van der Waals surface area contributed by atoms with Gasteiger partial charge in [-0.1, -0.05) is 30.3 Å². The predicted molar refractivity (Wildman–Crippen MR) is 98.6 cm³/mol. The minimum Gasteiger partial charge on any atom is -0.330 e. The van der Waals surface area contributed by atoms with Crippen LogP contribution in [0.2, 0.25) is 0 Å². The number of rotatable bonds is 5. The van der Waals surface area contributed by atoms with Gasteiger partial charge in [0.1, 0.15) is 0 Å². The van der Waals surface area contributed by atoms with Crippen molar-refractivity contribution in [1.82, 2.24) is 19.8 Å². The van der Waals surface area contributed by atoms with Gasteiger partial charge in [-0.25, -0.2) is 0 Å². The molecule has 1 aromatic carbocycles. The van der Waals surface area contributed by atoms with Crippen LogP contribution in [0.5, 0.6) is 0 Å². The lowest BCUT2D eigenvalue weighted by atomic mass is 10.1. The van der Waals surface area contributed by atoms with Gasteiger partial charge in [-0.15, -0.1) is 0 Å². The van der Waals surface area contributed by atoms with Gasteiger partial charge in [0.2, 0.25) is 5.91 Å². The highest BCUT2D eigenvalue weighted by atomic mass is 16.2. The molecule has 1 aliphatic rings. The number of likely N-dealkylation sites (tertiary alicyclic amines) is 1. The van der Waals surface area contributed by atoms with E-state index in [-0.39, 0.29) is 11.9 Å². The van der Waals surface area contributed by atoms with Crippen molar-refractivity contribution < 1.29 is 4.79 Å². The first-order chi connectivity index (χ1) is 12.1. The lowest BCUT2D eigenvalue weighted by molar-refractivity contribution is -0.126. The van der Waals surface area contributed by atoms with E-state index in [2.05, 4.69) is 9.88 Å². The molecule has 0 bridgehead atoms. The SMILES string of the molecule is CN(C)Cc1cncc(C2CCCN2C(=O)/C=C/c2ccccc2)n1. The second-order valence-electron chi connectivity index (χ2n) is 6.61. The van der Waals surface area contributed by atoms with Crippen molar-refractivity contribution in [2.45, 2.75) is 25.4 Å². The molecule has 5 nitrogen and oxygen atoms in total. The fourth-order valence-corrected chi connectivity index (χ4v) is 3.15. The molecule has 5 heteroatoms. The summed E-state index contributed by atoms with van der Waals surface area (Å²) in [7, 11) is 4.02. The summed E-state index contributed by atoms with van der Waals surface area (Å²) in [6.07, 6.45) is 9.03. The molecular formula is C20H24N4O. The highest BCUT2D eigenvalue weighted by Gasteiger charge is 2.30. The summed E-state index contributed by atoms with van der Waals surface area (Å²) in [4.78, 5) is 25.7. The second kappa shape index (κ2) is 8.03. The Hall–Kier alpha value is -2.53. The molecule has 1 aliphatic heterocycles. The number of hydrogen-bond acceptors (Lipinski definition) is 4. The number of amides is 1. The van der Waals surface area contributed by atoms with E-state index in [1.54, 1.807) is 18.5 Å². The molecule has 0 radical (unpaired) electrons. The average molecular weight is 336 g/mol. The normalized spacial score (nSPS) is 17.6. The molecule has 1 aromatic heterocycles. The molecule has 130 valence electrons. The minimum absolute atomic E-state index is 0.0162. The summed E-state index contributed by atoms with van der Waals surface area (Å²) >= 11 is 0. The van der Waals surface area contributed by atoms with Gasteiger partial charge in [0.15, 0.2) is 0 Å². The summed E-state index contributed by atoms with van der Waals surface area (Å²) < 4.78 is 0. The minimum atomic E-state index is 0.0162. The summed E-state index contributed by atoms with van der Waals surface area (Å²) in [6, 6.07) is 9.89. The van der Waals surface area contributed by atoms with Crippen molar-refractivity contribution in [3.63, 3.8) is 0 Å². The monoisotopic (exact) mass is 336 g/mol. The Kier molecular flexibility index (Phi) is 5.56. The summed E-state index contributed by atoms with van der Waals surface area (Å²) in [5, 5.41) is 0. The molecule has 0 N–H and O–H groups in total.